The molecule has 1 spiro atoms. The molecule has 0 radical (unpaired) electrons. The summed E-state index contributed by atoms with van der Waals surface area (Å²) in [5, 5.41) is 19.1. The van der Waals surface area contributed by atoms with Crippen molar-refractivity contribution in [1.82, 2.24) is 19.4 Å². The number of fused-ring (bicyclic) bond motifs is 1. The highest BCUT2D eigenvalue weighted by Crippen LogP contribution is 2.69. The molecule has 2 aromatic carbocycles. The van der Waals surface area contributed by atoms with Gasteiger partial charge in [-0.1, -0.05) is 23.9 Å². The molecule has 5 heterocycles. The van der Waals surface area contributed by atoms with E-state index in [2.05, 4.69) is 21.6 Å². The van der Waals surface area contributed by atoms with E-state index >= 15 is 0 Å². The van der Waals surface area contributed by atoms with Gasteiger partial charge in [0.25, 0.3) is 0 Å². The van der Waals surface area contributed by atoms with Crippen LogP contribution in [0.15, 0.2) is 54.6 Å². The summed E-state index contributed by atoms with van der Waals surface area (Å²) in [7, 11) is 0. The van der Waals surface area contributed by atoms with Gasteiger partial charge in [0.1, 0.15) is 34.6 Å². The average Bonchev–Trinajstić information content (AvgIpc) is 3.65. The zero-order valence-corrected chi connectivity index (χ0v) is 24.8. The number of piperidine rings is 1. The number of aromatic carboxylic acids is 1. The van der Waals surface area contributed by atoms with Gasteiger partial charge in [-0.25, -0.2) is 9.78 Å². The van der Waals surface area contributed by atoms with Crippen LogP contribution in [0.5, 0.6) is 5.75 Å². The summed E-state index contributed by atoms with van der Waals surface area (Å²) in [4.78, 5) is 23.8. The predicted octanol–water partition coefficient (Wildman–Crippen LogP) is 5.71. The molecule has 3 fully saturated rings. The number of rotatable bonds is 9. The minimum absolute atomic E-state index is 0.141. The summed E-state index contributed by atoms with van der Waals surface area (Å²) in [5.74, 6) is 1.18. The van der Waals surface area contributed by atoms with Gasteiger partial charge in [0.05, 0.1) is 41.0 Å². The summed E-state index contributed by atoms with van der Waals surface area (Å²) in [6.07, 6.45) is 4.09. The van der Waals surface area contributed by atoms with E-state index in [9.17, 15) is 15.2 Å². The zero-order chi connectivity index (χ0) is 29.6. The van der Waals surface area contributed by atoms with Crippen LogP contribution in [0.3, 0.4) is 0 Å². The lowest BCUT2D eigenvalue weighted by Crippen LogP contribution is -2.35. The number of aryl methyl sites for hydroxylation is 1. The Balaban J connectivity index is 0.985. The van der Waals surface area contributed by atoms with Crippen LogP contribution in [-0.4, -0.2) is 55.1 Å². The summed E-state index contributed by atoms with van der Waals surface area (Å²) in [6, 6.07) is 19.1. The Morgan fingerprint density at radius 3 is 2.70 bits per heavy atom. The van der Waals surface area contributed by atoms with Crippen LogP contribution in [0.2, 0.25) is 0 Å². The van der Waals surface area contributed by atoms with E-state index in [0.717, 1.165) is 85.7 Å². The Labute approximate surface area is 254 Å². The molecular weight excluding hydrogens is 562 g/mol. The Hall–Kier alpha value is -3.91. The van der Waals surface area contributed by atoms with Gasteiger partial charge in [0.15, 0.2) is 0 Å². The SMILES string of the molecule is Cc1ccc(OCc2cccc(CC3CCN(Cc4nc5ccc(C(=O)O)cc5n4C4S[C@]45CCO5)CC3)n2)c(C#N)c1. The third-order valence-corrected chi connectivity index (χ3v) is 10.2. The van der Waals surface area contributed by atoms with Crippen molar-refractivity contribution in [2.24, 2.45) is 5.92 Å². The van der Waals surface area contributed by atoms with Crippen LogP contribution >= 0.6 is 11.8 Å². The fourth-order valence-corrected chi connectivity index (χ4v) is 7.52. The van der Waals surface area contributed by atoms with Gasteiger partial charge in [0, 0.05) is 12.1 Å². The first-order valence-corrected chi connectivity index (χ1v) is 15.7. The molecule has 3 saturated heterocycles. The number of carboxylic acid groups (broad SMARTS) is 1. The van der Waals surface area contributed by atoms with Gasteiger partial charge in [0.2, 0.25) is 0 Å². The monoisotopic (exact) mass is 595 g/mol. The lowest BCUT2D eigenvalue weighted by Gasteiger charge is -2.32. The lowest BCUT2D eigenvalue weighted by atomic mass is 9.92. The minimum atomic E-state index is -0.928. The standard InChI is InChI=1S/C33H33N5O4S/c1-21-5-8-29(24(15-21)18-34)41-20-26-4-2-3-25(35-26)16-22-9-12-37(13-10-22)19-30-36-27-7-6-23(31(39)40)17-28(27)38(30)32-33(43-32)11-14-42-33/h2-8,15,17,22,32H,9-14,16,19-20H2,1H3,(H,39,40)/t32?,33-/m1/s1. The number of pyridine rings is 1. The van der Waals surface area contributed by atoms with Crippen molar-refractivity contribution in [2.75, 3.05) is 19.7 Å². The minimum Gasteiger partial charge on any atom is -0.486 e. The molecule has 3 aliphatic rings. The maximum Gasteiger partial charge on any atom is 0.335 e. The molecule has 1 unspecified atom stereocenters. The third-order valence-electron chi connectivity index (χ3n) is 8.74. The third kappa shape index (κ3) is 5.60. The molecule has 7 rings (SSSR count). The Bertz CT molecular complexity index is 1740. The van der Waals surface area contributed by atoms with Gasteiger partial charge in [-0.2, -0.15) is 5.26 Å². The molecule has 9 nitrogen and oxygen atoms in total. The molecule has 2 atom stereocenters. The Morgan fingerprint density at radius 2 is 1.98 bits per heavy atom. The van der Waals surface area contributed by atoms with E-state index in [1.165, 1.54) is 0 Å². The van der Waals surface area contributed by atoms with Crippen molar-refractivity contribution in [3.8, 4) is 11.8 Å². The first-order chi connectivity index (χ1) is 20.9. The molecule has 0 bridgehead atoms. The molecular formula is C33H33N5O4S. The second kappa shape index (κ2) is 11.3. The van der Waals surface area contributed by atoms with Crippen molar-refractivity contribution >= 4 is 28.8 Å². The van der Waals surface area contributed by atoms with Crippen LogP contribution in [0.25, 0.3) is 11.0 Å². The molecule has 0 aliphatic carbocycles. The quantitative estimate of drug-likeness (QED) is 0.243. The fourth-order valence-electron chi connectivity index (χ4n) is 6.22. The average molecular weight is 596 g/mol. The van der Waals surface area contributed by atoms with Crippen LogP contribution in [-0.2, 0) is 24.3 Å². The number of carboxylic acids is 1. The van der Waals surface area contributed by atoms with Crippen LogP contribution in [0, 0.1) is 24.2 Å². The number of imidazole rings is 1. The number of hydrogen-bond donors (Lipinski definition) is 1. The number of nitrogens with zero attached hydrogens (tertiary/aromatic N) is 5. The molecule has 4 aromatic rings. The molecule has 0 saturated carbocycles. The number of hydrogen-bond acceptors (Lipinski definition) is 8. The smallest absolute Gasteiger partial charge is 0.335 e. The normalized spacial score (nSPS) is 21.9. The van der Waals surface area contributed by atoms with E-state index in [4.69, 9.17) is 19.4 Å². The maximum absolute atomic E-state index is 11.7. The largest absolute Gasteiger partial charge is 0.486 e. The second-order valence-electron chi connectivity index (χ2n) is 11.7. The first kappa shape index (κ1) is 27.9. The highest BCUT2D eigenvalue weighted by Gasteiger charge is 2.63. The highest BCUT2D eigenvalue weighted by atomic mass is 32.2. The Kier molecular flexibility index (Phi) is 7.33. The number of aromatic nitrogens is 3. The predicted molar refractivity (Wildman–Crippen MR) is 163 cm³/mol. The number of ether oxygens (including phenoxy) is 2. The van der Waals surface area contributed by atoms with Gasteiger partial charge >= 0.3 is 5.97 Å². The number of nitriles is 1. The molecule has 0 amide bonds. The highest BCUT2D eigenvalue weighted by molar-refractivity contribution is 8.07. The summed E-state index contributed by atoms with van der Waals surface area (Å²) in [6.45, 7) is 5.73. The van der Waals surface area contributed by atoms with Crippen LogP contribution < -0.4 is 4.74 Å². The lowest BCUT2D eigenvalue weighted by molar-refractivity contribution is -0.0624. The van der Waals surface area contributed by atoms with Gasteiger partial charge in [-0.15, -0.1) is 0 Å². The van der Waals surface area contributed by atoms with Crippen molar-refractivity contribution in [3.05, 3.63) is 88.5 Å². The number of carbonyl (C=O) groups is 1. The number of likely N-dealkylation sites (tertiary alicyclic amines) is 1. The van der Waals surface area contributed by atoms with Crippen LogP contribution in [0.4, 0.5) is 0 Å². The van der Waals surface area contributed by atoms with Gasteiger partial charge in [-0.05, 0) is 93.2 Å². The van der Waals surface area contributed by atoms with E-state index in [0.29, 0.717) is 23.8 Å². The van der Waals surface area contributed by atoms with E-state index in [1.807, 2.05) is 43.3 Å². The molecule has 10 heteroatoms. The molecule has 2 aromatic heterocycles. The van der Waals surface area contributed by atoms with Gasteiger partial charge < -0.3 is 19.1 Å². The van der Waals surface area contributed by atoms with E-state index in [-0.39, 0.29) is 15.9 Å². The van der Waals surface area contributed by atoms with Crippen LogP contribution in [0.1, 0.15) is 63.3 Å². The topological polar surface area (TPSA) is 114 Å². The molecule has 3 aliphatic heterocycles. The maximum atomic E-state index is 11.7. The molecule has 220 valence electrons. The van der Waals surface area contributed by atoms with E-state index in [1.54, 1.807) is 23.9 Å². The summed E-state index contributed by atoms with van der Waals surface area (Å²) in [5.41, 5.74) is 5.47. The molecule has 1 N–H and O–H groups in total. The zero-order valence-electron chi connectivity index (χ0n) is 24.0. The van der Waals surface area contributed by atoms with Crippen molar-refractivity contribution < 1.29 is 19.4 Å². The Morgan fingerprint density at radius 1 is 1.16 bits per heavy atom. The summed E-state index contributed by atoms with van der Waals surface area (Å²) >= 11 is 1.80. The fraction of sp³-hybridized carbons (Fsp3) is 0.394. The molecule has 43 heavy (non-hydrogen) atoms. The van der Waals surface area contributed by atoms with Crippen molar-refractivity contribution in [2.45, 2.75) is 56.1 Å². The van der Waals surface area contributed by atoms with E-state index < -0.39 is 5.97 Å². The van der Waals surface area contributed by atoms with Crippen molar-refractivity contribution in [1.29, 1.82) is 5.26 Å². The summed E-state index contributed by atoms with van der Waals surface area (Å²) < 4.78 is 14.1. The first-order valence-electron chi connectivity index (χ1n) is 14.8. The number of thioether (sulfide) groups is 1. The van der Waals surface area contributed by atoms with Gasteiger partial charge in [-0.3, -0.25) is 9.88 Å². The van der Waals surface area contributed by atoms with Crippen molar-refractivity contribution in [3.63, 3.8) is 0 Å². The number of benzene rings is 2. The second-order valence-corrected chi connectivity index (χ2v) is 13.1.